The van der Waals surface area contributed by atoms with Gasteiger partial charge in [0.2, 0.25) is 11.9 Å². The number of anilines is 4. The molecule has 4 aromatic heterocycles. The van der Waals surface area contributed by atoms with E-state index in [4.69, 9.17) is 30.9 Å². The number of nitrogen functional groups attached to an aromatic ring is 2. The van der Waals surface area contributed by atoms with Gasteiger partial charge in [0.25, 0.3) is 0 Å². The number of halogens is 2. The first-order chi connectivity index (χ1) is 32.7. The fourth-order valence-electron chi connectivity index (χ4n) is 7.81. The van der Waals surface area contributed by atoms with Crippen LogP contribution in [0.15, 0.2) is 78.9 Å². The third-order valence-electron chi connectivity index (χ3n) is 11.1. The number of amides is 2. The number of aromatic nitrogens is 6. The number of fused-ring (bicyclic) bond motifs is 2. The van der Waals surface area contributed by atoms with Crippen molar-refractivity contribution >= 4 is 79.1 Å². The predicted molar refractivity (Wildman–Crippen MR) is 262 cm³/mol. The van der Waals surface area contributed by atoms with Crippen molar-refractivity contribution in [3.05, 3.63) is 117 Å². The number of ether oxygens (including phenoxy) is 2. The average Bonchev–Trinajstić information content (AvgIpc) is 4.07. The number of hydrogen-bond acceptors (Lipinski definition) is 16. The van der Waals surface area contributed by atoms with Crippen molar-refractivity contribution < 1.29 is 27.8 Å². The number of carbonyl (C=O) groups excluding carboxylic acids is 2. The molecule has 0 radical (unpaired) electrons. The van der Waals surface area contributed by atoms with Gasteiger partial charge in [-0.2, -0.15) is 9.97 Å². The lowest BCUT2D eigenvalue weighted by atomic mass is 10.1. The van der Waals surface area contributed by atoms with Crippen molar-refractivity contribution in [2.75, 3.05) is 48.3 Å². The van der Waals surface area contributed by atoms with E-state index in [9.17, 15) is 18.4 Å². The third-order valence-corrected chi connectivity index (χ3v) is 13.1. The topological polar surface area (TPSA) is 213 Å². The van der Waals surface area contributed by atoms with E-state index in [1.54, 1.807) is 34.1 Å². The summed E-state index contributed by atoms with van der Waals surface area (Å²) in [5.74, 6) is 1.02. The first-order valence-electron chi connectivity index (χ1n) is 22.5. The van der Waals surface area contributed by atoms with Crippen LogP contribution in [0.4, 0.5) is 41.9 Å². The Morgan fingerprint density at radius 2 is 1.15 bits per heavy atom. The Morgan fingerprint density at radius 3 is 1.66 bits per heavy atom. The van der Waals surface area contributed by atoms with Crippen molar-refractivity contribution in [2.24, 2.45) is 0 Å². The fourth-order valence-corrected chi connectivity index (χ4v) is 9.70. The number of rotatable bonds is 12. The largest absolute Gasteiger partial charge is 0.445 e. The molecule has 7 aromatic rings. The fraction of sp³-hybridized carbons (Fsp3) is 0.375. The van der Waals surface area contributed by atoms with Crippen LogP contribution in [0.2, 0.25) is 0 Å². The van der Waals surface area contributed by atoms with Crippen molar-refractivity contribution in [1.29, 1.82) is 0 Å². The van der Waals surface area contributed by atoms with Gasteiger partial charge >= 0.3 is 12.2 Å². The number of nitrogens with zero attached hydrogens (tertiary/aromatic N) is 8. The molecule has 3 aromatic carbocycles. The van der Waals surface area contributed by atoms with E-state index in [-0.39, 0.29) is 54.4 Å². The van der Waals surface area contributed by atoms with Crippen LogP contribution >= 0.6 is 22.7 Å². The summed E-state index contributed by atoms with van der Waals surface area (Å²) in [4.78, 5) is 56.8. The van der Waals surface area contributed by atoms with Gasteiger partial charge in [0, 0.05) is 51.1 Å². The van der Waals surface area contributed by atoms with E-state index in [1.807, 2.05) is 51.1 Å². The van der Waals surface area contributed by atoms with Gasteiger partial charge in [0.05, 0.1) is 10.0 Å². The van der Waals surface area contributed by atoms with Gasteiger partial charge in [-0.05, 0) is 93.8 Å². The molecular weight excluding hydrogens is 911 g/mol. The Morgan fingerprint density at radius 1 is 0.647 bits per heavy atom. The molecule has 6 N–H and O–H groups in total. The number of aryl methyl sites for hydroxylation is 4. The molecule has 2 saturated heterocycles. The normalized spacial score (nSPS) is 16.1. The minimum Gasteiger partial charge on any atom is -0.445 e. The average molecular weight is 965 g/mol. The summed E-state index contributed by atoms with van der Waals surface area (Å²) >= 11 is 2.96. The molecule has 20 heteroatoms. The number of likely N-dealkylation sites (tertiary alicyclic amines) is 2. The summed E-state index contributed by atoms with van der Waals surface area (Å²) < 4.78 is 37.3. The van der Waals surface area contributed by atoms with Crippen LogP contribution in [-0.2, 0) is 41.8 Å². The highest BCUT2D eigenvalue weighted by molar-refractivity contribution is 7.18. The highest BCUT2D eigenvalue weighted by atomic mass is 32.1. The zero-order valence-electron chi connectivity index (χ0n) is 38.1. The zero-order valence-corrected chi connectivity index (χ0v) is 39.7. The number of nitrogens with two attached hydrogens (primary N) is 2. The molecule has 2 fully saturated rings. The summed E-state index contributed by atoms with van der Waals surface area (Å²) in [7, 11) is 0. The first-order valence-corrected chi connectivity index (χ1v) is 24.1. The van der Waals surface area contributed by atoms with Crippen LogP contribution in [0.25, 0.3) is 20.7 Å². The second kappa shape index (κ2) is 21.4. The van der Waals surface area contributed by atoms with Crippen molar-refractivity contribution in [3.63, 3.8) is 0 Å². The number of carbonyl (C=O) groups is 2. The Balaban J connectivity index is 0.000000185. The van der Waals surface area contributed by atoms with E-state index in [2.05, 4.69) is 30.6 Å². The SMILES string of the molecule is CC(C)(C)OC(=O)N1CC[C@H](Nc2nc(N)nc3sc(CCc4ccc(F)cc4)nc23)C1.Nc1nc(NC2CCCN(C(=O)OCc3ccccc3)C2)c2nc(CCc3ccc(F)cc3)sc2n1. The molecule has 6 heterocycles. The van der Waals surface area contributed by atoms with Gasteiger partial charge in [-0.25, -0.2) is 38.3 Å². The van der Waals surface area contributed by atoms with Gasteiger partial charge in [0.15, 0.2) is 21.3 Å². The Labute approximate surface area is 400 Å². The van der Waals surface area contributed by atoms with Crippen LogP contribution in [0.1, 0.15) is 66.7 Å². The molecular formula is C48H54F2N12O4S2. The maximum absolute atomic E-state index is 13.2. The highest BCUT2D eigenvalue weighted by Crippen LogP contribution is 2.31. The number of hydrogen-bond donors (Lipinski definition) is 4. The predicted octanol–water partition coefficient (Wildman–Crippen LogP) is 8.82. The highest BCUT2D eigenvalue weighted by Gasteiger charge is 2.31. The van der Waals surface area contributed by atoms with Crippen molar-refractivity contribution in [3.8, 4) is 0 Å². The molecule has 9 rings (SSSR count). The maximum Gasteiger partial charge on any atom is 0.410 e. The molecule has 16 nitrogen and oxygen atoms in total. The van der Waals surface area contributed by atoms with Gasteiger partial charge < -0.3 is 41.4 Å². The summed E-state index contributed by atoms with van der Waals surface area (Å²) in [5.41, 5.74) is 15.8. The maximum atomic E-state index is 13.2. The van der Waals surface area contributed by atoms with Crippen LogP contribution in [0.5, 0.6) is 0 Å². The monoisotopic (exact) mass is 964 g/mol. The van der Waals surface area contributed by atoms with Crippen LogP contribution in [0, 0.1) is 11.6 Å². The lowest BCUT2D eigenvalue weighted by molar-refractivity contribution is 0.0293. The van der Waals surface area contributed by atoms with Gasteiger partial charge in [-0.15, -0.1) is 0 Å². The molecule has 0 saturated carbocycles. The minimum absolute atomic E-state index is 0.00936. The van der Waals surface area contributed by atoms with Gasteiger partial charge in [-0.3, -0.25) is 0 Å². The standard InChI is InChI=1S/C26H27FN6O2S.C22H27FN6O2S/c27-19-11-8-17(9-12-19)10-13-21-30-22-23(31-25(28)32-24(22)36-21)29-20-7-4-14-33(15-20)26(34)35-16-18-5-2-1-3-6-18;1-22(2,3)31-21(30)29-11-10-15(12-29)25-18-17-19(28-20(24)27-18)32-16(26-17)9-6-13-4-7-14(23)8-5-13/h1-3,5-6,8-9,11-12,20H,4,7,10,13-16H2,(H3,28,29,31,32);4-5,7-8,15H,6,9-12H2,1-3H3,(H3,24,25,27,28)/t;15-/m.0/s1. The molecule has 356 valence electrons. The van der Waals surface area contributed by atoms with Crippen LogP contribution in [-0.4, -0.2) is 95.8 Å². The van der Waals surface area contributed by atoms with Crippen LogP contribution < -0.4 is 22.1 Å². The Bertz CT molecular complexity index is 2830. The number of benzene rings is 3. The summed E-state index contributed by atoms with van der Waals surface area (Å²) in [6.07, 6.45) is 4.77. The van der Waals surface area contributed by atoms with E-state index in [0.29, 0.717) is 66.5 Å². The summed E-state index contributed by atoms with van der Waals surface area (Å²) in [5, 5.41) is 8.65. The molecule has 68 heavy (non-hydrogen) atoms. The summed E-state index contributed by atoms with van der Waals surface area (Å²) in [6, 6.07) is 22.6. The van der Waals surface area contributed by atoms with Gasteiger partial charge in [-0.1, -0.05) is 77.3 Å². The van der Waals surface area contributed by atoms with E-state index < -0.39 is 5.60 Å². The smallest absolute Gasteiger partial charge is 0.410 e. The lowest BCUT2D eigenvalue weighted by Gasteiger charge is -2.32. The molecule has 0 spiro atoms. The number of piperidine rings is 1. The quantitative estimate of drug-likeness (QED) is 0.0901. The van der Waals surface area contributed by atoms with E-state index >= 15 is 0 Å². The molecule has 2 amide bonds. The molecule has 2 aliphatic rings. The second-order valence-corrected chi connectivity index (χ2v) is 19.8. The lowest BCUT2D eigenvalue weighted by Crippen LogP contribution is -2.45. The Kier molecular flexibility index (Phi) is 15.0. The first kappa shape index (κ1) is 47.7. The second-order valence-electron chi connectivity index (χ2n) is 17.7. The third kappa shape index (κ3) is 13.0. The van der Waals surface area contributed by atoms with Crippen LogP contribution in [0.3, 0.4) is 0 Å². The molecule has 2 atom stereocenters. The molecule has 0 aliphatic carbocycles. The van der Waals surface area contributed by atoms with Crippen molar-refractivity contribution in [2.45, 2.75) is 90.0 Å². The number of nitrogens with one attached hydrogen (secondary N) is 2. The summed E-state index contributed by atoms with van der Waals surface area (Å²) in [6.45, 7) is 8.08. The zero-order chi connectivity index (χ0) is 47.8. The molecule has 2 aliphatic heterocycles. The van der Waals surface area contributed by atoms with Crippen molar-refractivity contribution in [1.82, 2.24) is 39.7 Å². The number of thiazole rings is 2. The van der Waals surface area contributed by atoms with E-state index in [1.165, 1.54) is 46.9 Å². The molecule has 1 unspecified atom stereocenters. The molecule has 0 bridgehead atoms. The van der Waals surface area contributed by atoms with E-state index in [0.717, 1.165) is 63.6 Å². The minimum atomic E-state index is -0.527. The Hall–Kier alpha value is -6.80. The van der Waals surface area contributed by atoms with Gasteiger partial charge in [0.1, 0.15) is 34.9 Å².